The quantitative estimate of drug-likeness (QED) is 0.809. The molecule has 1 atom stereocenters. The zero-order valence-electron chi connectivity index (χ0n) is 15.9. The van der Waals surface area contributed by atoms with E-state index in [1.807, 2.05) is 49.1 Å². The number of ketones is 1. The van der Waals surface area contributed by atoms with Gasteiger partial charge in [-0.15, -0.1) is 0 Å². The van der Waals surface area contributed by atoms with E-state index in [1.165, 1.54) is 0 Å². The van der Waals surface area contributed by atoms with Crippen molar-refractivity contribution in [3.63, 3.8) is 0 Å². The molecule has 0 N–H and O–H groups in total. The normalized spacial score (nSPS) is 22.2. The monoisotopic (exact) mass is 358 g/mol. The number of rotatable bonds is 5. The minimum absolute atomic E-state index is 0.0478. The molecular formula is C21H30N2O3. The van der Waals surface area contributed by atoms with Crippen molar-refractivity contribution in [1.29, 1.82) is 0 Å². The topological polar surface area (TPSA) is 49.9 Å². The number of hydrogen-bond acceptors (Lipinski definition) is 4. The van der Waals surface area contributed by atoms with Crippen LogP contribution in [-0.4, -0.2) is 66.4 Å². The van der Waals surface area contributed by atoms with Gasteiger partial charge in [0, 0.05) is 38.5 Å². The summed E-state index contributed by atoms with van der Waals surface area (Å²) >= 11 is 0. The van der Waals surface area contributed by atoms with Crippen LogP contribution in [0, 0.1) is 5.92 Å². The molecule has 1 aromatic carbocycles. The molecule has 2 saturated heterocycles. The summed E-state index contributed by atoms with van der Waals surface area (Å²) in [5.41, 5.74) is 0.503. The lowest BCUT2D eigenvalue weighted by Gasteiger charge is -2.44. The Kier molecular flexibility index (Phi) is 6.09. The molecule has 1 unspecified atom stereocenters. The molecule has 2 heterocycles. The van der Waals surface area contributed by atoms with E-state index in [1.54, 1.807) is 0 Å². The number of nitrogens with zero attached hydrogens (tertiary/aromatic N) is 2. The highest BCUT2D eigenvalue weighted by Gasteiger charge is 2.40. The highest BCUT2D eigenvalue weighted by molar-refractivity contribution is 5.88. The molecule has 0 saturated carbocycles. The number of likely N-dealkylation sites (tertiary alicyclic amines) is 1. The number of morpholine rings is 1. The Morgan fingerprint density at radius 2 is 1.81 bits per heavy atom. The molecule has 2 aliphatic rings. The van der Waals surface area contributed by atoms with Crippen LogP contribution in [0.3, 0.4) is 0 Å². The van der Waals surface area contributed by atoms with Gasteiger partial charge in [-0.1, -0.05) is 30.3 Å². The molecule has 0 radical (unpaired) electrons. The van der Waals surface area contributed by atoms with Crippen molar-refractivity contribution in [1.82, 2.24) is 9.80 Å². The van der Waals surface area contributed by atoms with Gasteiger partial charge in [-0.3, -0.25) is 14.5 Å². The van der Waals surface area contributed by atoms with E-state index >= 15 is 0 Å². The van der Waals surface area contributed by atoms with Crippen LogP contribution < -0.4 is 0 Å². The van der Waals surface area contributed by atoms with Gasteiger partial charge in [0.05, 0.1) is 18.8 Å². The minimum atomic E-state index is -0.547. The van der Waals surface area contributed by atoms with Crippen LogP contribution in [0.5, 0.6) is 0 Å². The molecule has 2 aliphatic heterocycles. The first-order valence-electron chi connectivity index (χ1n) is 9.67. The van der Waals surface area contributed by atoms with Gasteiger partial charge in [0.25, 0.3) is 0 Å². The lowest BCUT2D eigenvalue weighted by atomic mass is 9.89. The van der Waals surface area contributed by atoms with Crippen LogP contribution in [0.4, 0.5) is 0 Å². The predicted molar refractivity (Wildman–Crippen MR) is 101 cm³/mol. The van der Waals surface area contributed by atoms with Gasteiger partial charge in [-0.05, 0) is 32.3 Å². The summed E-state index contributed by atoms with van der Waals surface area (Å²) in [4.78, 5) is 30.0. The summed E-state index contributed by atoms with van der Waals surface area (Å²) in [6.45, 7) is 8.21. The smallest absolute Gasteiger partial charge is 0.242 e. The van der Waals surface area contributed by atoms with E-state index in [4.69, 9.17) is 4.74 Å². The fourth-order valence-corrected chi connectivity index (χ4v) is 4.01. The minimum Gasteiger partial charge on any atom is -0.379 e. The largest absolute Gasteiger partial charge is 0.379 e. The SMILES string of the molecule is CC(C)(C(=O)N1CCCC(C(=O)Cc2ccccc2)C1)N1CCOCC1. The molecule has 2 fully saturated rings. The van der Waals surface area contributed by atoms with Gasteiger partial charge < -0.3 is 9.64 Å². The second-order valence-electron chi connectivity index (χ2n) is 7.88. The van der Waals surface area contributed by atoms with Gasteiger partial charge in [0.1, 0.15) is 5.78 Å². The van der Waals surface area contributed by atoms with Gasteiger partial charge in [-0.2, -0.15) is 0 Å². The number of amides is 1. The second-order valence-corrected chi connectivity index (χ2v) is 7.88. The molecule has 0 aromatic heterocycles. The van der Waals surface area contributed by atoms with E-state index in [0.717, 1.165) is 38.0 Å². The summed E-state index contributed by atoms with van der Waals surface area (Å²) in [6, 6.07) is 9.87. The van der Waals surface area contributed by atoms with Crippen LogP contribution >= 0.6 is 0 Å². The van der Waals surface area contributed by atoms with E-state index in [9.17, 15) is 9.59 Å². The van der Waals surface area contributed by atoms with Crippen LogP contribution in [0.1, 0.15) is 32.3 Å². The molecule has 0 aliphatic carbocycles. The zero-order valence-corrected chi connectivity index (χ0v) is 15.9. The number of Topliss-reactive ketones (excluding diaryl/α,β-unsaturated/α-hetero) is 1. The Labute approximate surface area is 156 Å². The molecule has 1 aromatic rings. The van der Waals surface area contributed by atoms with Crippen LogP contribution in [-0.2, 0) is 20.7 Å². The summed E-state index contributed by atoms with van der Waals surface area (Å²) in [5, 5.41) is 0. The first-order chi connectivity index (χ1) is 12.5. The third-order valence-corrected chi connectivity index (χ3v) is 5.71. The zero-order chi connectivity index (χ0) is 18.6. The van der Waals surface area contributed by atoms with Crippen molar-refractivity contribution in [2.24, 2.45) is 5.92 Å². The molecule has 5 nitrogen and oxygen atoms in total. The fourth-order valence-electron chi connectivity index (χ4n) is 4.01. The Morgan fingerprint density at radius 3 is 2.50 bits per heavy atom. The standard InChI is InChI=1S/C21H30N2O3/c1-21(2,23-11-13-26-14-12-23)20(25)22-10-6-9-18(16-22)19(24)15-17-7-4-3-5-8-17/h3-5,7-8,18H,6,9-16H2,1-2H3. The Bertz CT molecular complexity index is 623. The number of benzene rings is 1. The van der Waals surface area contributed by atoms with Crippen molar-refractivity contribution in [3.05, 3.63) is 35.9 Å². The summed E-state index contributed by atoms with van der Waals surface area (Å²) in [5.74, 6) is 0.336. The maximum atomic E-state index is 13.2. The Balaban J connectivity index is 1.62. The third kappa shape index (κ3) is 4.33. The van der Waals surface area contributed by atoms with Crippen molar-refractivity contribution in [2.45, 2.75) is 38.6 Å². The van der Waals surface area contributed by atoms with Gasteiger partial charge >= 0.3 is 0 Å². The lowest BCUT2D eigenvalue weighted by molar-refractivity contribution is -0.148. The third-order valence-electron chi connectivity index (χ3n) is 5.71. The van der Waals surface area contributed by atoms with E-state index < -0.39 is 5.54 Å². The molecule has 5 heteroatoms. The van der Waals surface area contributed by atoms with Crippen molar-refractivity contribution in [3.8, 4) is 0 Å². The van der Waals surface area contributed by atoms with Crippen molar-refractivity contribution < 1.29 is 14.3 Å². The molecular weight excluding hydrogens is 328 g/mol. The first kappa shape index (κ1) is 19.1. The molecule has 0 bridgehead atoms. The summed E-state index contributed by atoms with van der Waals surface area (Å²) in [6.07, 6.45) is 2.24. The number of piperidine rings is 1. The highest BCUT2D eigenvalue weighted by atomic mass is 16.5. The van der Waals surface area contributed by atoms with E-state index in [0.29, 0.717) is 26.2 Å². The molecule has 142 valence electrons. The average Bonchev–Trinajstić information content (AvgIpc) is 2.69. The number of carbonyl (C=O) groups is 2. The number of carbonyl (C=O) groups excluding carboxylic acids is 2. The Hall–Kier alpha value is -1.72. The maximum Gasteiger partial charge on any atom is 0.242 e. The van der Waals surface area contributed by atoms with Crippen molar-refractivity contribution in [2.75, 3.05) is 39.4 Å². The number of ether oxygens (including phenoxy) is 1. The Morgan fingerprint density at radius 1 is 1.12 bits per heavy atom. The summed E-state index contributed by atoms with van der Waals surface area (Å²) < 4.78 is 5.41. The predicted octanol–water partition coefficient (Wildman–Crippen LogP) is 2.15. The molecule has 3 rings (SSSR count). The summed E-state index contributed by atoms with van der Waals surface area (Å²) in [7, 11) is 0. The van der Waals surface area contributed by atoms with Crippen LogP contribution in [0.25, 0.3) is 0 Å². The fraction of sp³-hybridized carbons (Fsp3) is 0.619. The number of hydrogen-bond donors (Lipinski definition) is 0. The highest BCUT2D eigenvalue weighted by Crippen LogP contribution is 2.25. The van der Waals surface area contributed by atoms with Crippen LogP contribution in [0.15, 0.2) is 30.3 Å². The van der Waals surface area contributed by atoms with Crippen LogP contribution in [0.2, 0.25) is 0 Å². The van der Waals surface area contributed by atoms with Gasteiger partial charge in [-0.25, -0.2) is 0 Å². The van der Waals surface area contributed by atoms with Gasteiger partial charge in [0.2, 0.25) is 5.91 Å². The second kappa shape index (κ2) is 8.31. The average molecular weight is 358 g/mol. The molecule has 26 heavy (non-hydrogen) atoms. The van der Waals surface area contributed by atoms with Gasteiger partial charge in [0.15, 0.2) is 0 Å². The van der Waals surface area contributed by atoms with E-state index in [-0.39, 0.29) is 17.6 Å². The van der Waals surface area contributed by atoms with Crippen molar-refractivity contribution >= 4 is 11.7 Å². The molecule has 1 amide bonds. The van der Waals surface area contributed by atoms with E-state index in [2.05, 4.69) is 4.90 Å². The first-order valence-corrected chi connectivity index (χ1v) is 9.67. The lowest BCUT2D eigenvalue weighted by Crippen LogP contribution is -2.60. The maximum absolute atomic E-state index is 13.2. The molecule has 0 spiro atoms.